The minimum atomic E-state index is -5.12. The molecule has 0 saturated heterocycles. The molecule has 9 aromatic carbocycles. The van der Waals surface area contributed by atoms with Crippen LogP contribution in [0.15, 0.2) is 188 Å². The van der Waals surface area contributed by atoms with Crippen LogP contribution in [-0.4, -0.2) is 9.13 Å². The van der Waals surface area contributed by atoms with Crippen molar-refractivity contribution in [3.63, 3.8) is 0 Å². The minimum Gasteiger partial charge on any atom is -0.309 e. The molecule has 0 N–H and O–H groups in total. The van der Waals surface area contributed by atoms with Crippen LogP contribution in [0.4, 0.5) is 26.3 Å². The van der Waals surface area contributed by atoms with Gasteiger partial charge in [-0.3, -0.25) is 0 Å². The van der Waals surface area contributed by atoms with E-state index in [0.29, 0.717) is 29.1 Å². The molecular weight excluding hydrogens is 865 g/mol. The molecule has 0 unspecified atom stereocenters. The second-order valence-corrected chi connectivity index (χ2v) is 17.2. The van der Waals surface area contributed by atoms with Crippen LogP contribution in [0.5, 0.6) is 0 Å². The van der Waals surface area contributed by atoms with Crippen LogP contribution in [0, 0.1) is 25.2 Å². The number of fused-ring (bicyclic) bond motifs is 6. The van der Waals surface area contributed by atoms with Crippen molar-refractivity contribution in [1.82, 2.24) is 9.13 Å². The molecule has 2 heterocycles. The van der Waals surface area contributed by atoms with Crippen LogP contribution >= 0.6 is 0 Å². The van der Waals surface area contributed by atoms with Gasteiger partial charge in [-0.2, -0.15) is 31.6 Å². The van der Waals surface area contributed by atoms with Gasteiger partial charge in [0.05, 0.1) is 50.5 Å². The summed E-state index contributed by atoms with van der Waals surface area (Å²) in [6.45, 7) is 4.07. The summed E-state index contributed by atoms with van der Waals surface area (Å²) in [6, 6.07) is 58.4. The van der Waals surface area contributed by atoms with Gasteiger partial charge in [0.2, 0.25) is 0 Å². The molecule has 3 nitrogen and oxygen atoms in total. The molecule has 0 amide bonds. The van der Waals surface area contributed by atoms with E-state index < -0.39 is 29.0 Å². The number of hydrogen-bond donors (Lipinski definition) is 0. The van der Waals surface area contributed by atoms with Gasteiger partial charge >= 0.3 is 12.4 Å². The largest absolute Gasteiger partial charge is 0.417 e. The summed E-state index contributed by atoms with van der Waals surface area (Å²) >= 11 is 0. The molecule has 68 heavy (non-hydrogen) atoms. The molecule has 0 aliphatic heterocycles. The van der Waals surface area contributed by atoms with Gasteiger partial charge in [-0.05, 0) is 121 Å². The molecule has 0 fully saturated rings. The summed E-state index contributed by atoms with van der Waals surface area (Å²) in [6.07, 6.45) is -10.2. The Morgan fingerprint density at radius 1 is 0.397 bits per heavy atom. The van der Waals surface area contributed by atoms with E-state index >= 15 is 0 Å². The average molecular weight is 902 g/mol. The van der Waals surface area contributed by atoms with Crippen molar-refractivity contribution in [3.8, 4) is 62.0 Å². The SMILES string of the molecule is Cc1cccc(-c2ccc3c(c2)c2ccccc2n3-c2ccc(C#N)c(-c3cc(-c4c(C(F)(F)F)cccc4C(F)(F)F)ccc3-n3c4ccccc4c4cc(-c5cccc(C)c5)ccc43)c2)c1. The Hall–Kier alpha value is -8.35. The summed E-state index contributed by atoms with van der Waals surface area (Å²) < 4.78 is 93.2. The molecule has 0 atom stereocenters. The Balaban J connectivity index is 1.21. The standard InChI is InChI=1S/C59H37F6N3/c1-35-10-7-12-37(28-35)39-21-25-54-47(30-39)44-14-3-5-18-52(44)67(54)43-24-20-42(34-66)46(33-43)49-32-41(57-50(58(60,61)62)16-9-17-51(57)59(63,64)65)23-27-56(49)68-53-19-6-4-15-45(53)48-31-40(22-26-55(48)68)38-13-8-11-36(2)29-38/h3-33H,1-2H3. The third-order valence-electron chi connectivity index (χ3n) is 12.9. The molecule has 0 aliphatic carbocycles. The van der Waals surface area contributed by atoms with Crippen LogP contribution < -0.4 is 0 Å². The van der Waals surface area contributed by atoms with E-state index in [-0.39, 0.29) is 16.7 Å². The number of benzene rings is 9. The number of aromatic nitrogens is 2. The predicted molar refractivity (Wildman–Crippen MR) is 261 cm³/mol. The number of nitriles is 1. The maximum absolute atomic E-state index is 14.9. The highest BCUT2D eigenvalue weighted by Gasteiger charge is 2.41. The highest BCUT2D eigenvalue weighted by Crippen LogP contribution is 2.48. The Morgan fingerprint density at radius 2 is 0.882 bits per heavy atom. The lowest BCUT2D eigenvalue weighted by molar-refractivity contribution is -0.142. The van der Waals surface area contributed by atoms with Crippen LogP contribution in [0.2, 0.25) is 0 Å². The third kappa shape index (κ3) is 7.08. The molecule has 9 heteroatoms. The molecule has 0 aliphatic rings. The van der Waals surface area contributed by atoms with Gasteiger partial charge < -0.3 is 9.13 Å². The number of rotatable bonds is 6. The predicted octanol–water partition coefficient (Wildman–Crippen LogP) is 17.1. The van der Waals surface area contributed by atoms with Crippen molar-refractivity contribution >= 4 is 43.6 Å². The smallest absolute Gasteiger partial charge is 0.309 e. The van der Waals surface area contributed by atoms with E-state index in [1.165, 1.54) is 12.1 Å². The number of halogens is 6. The Labute approximate surface area is 387 Å². The average Bonchev–Trinajstić information content (AvgIpc) is 3.85. The molecule has 0 bridgehead atoms. The normalized spacial score (nSPS) is 12.1. The zero-order chi connectivity index (χ0) is 47.1. The summed E-state index contributed by atoms with van der Waals surface area (Å²) in [5.74, 6) is 0. The van der Waals surface area contributed by atoms with Crippen LogP contribution in [-0.2, 0) is 12.4 Å². The van der Waals surface area contributed by atoms with Crippen molar-refractivity contribution < 1.29 is 26.3 Å². The minimum absolute atomic E-state index is 0.178. The van der Waals surface area contributed by atoms with E-state index in [2.05, 4.69) is 47.0 Å². The summed E-state index contributed by atoms with van der Waals surface area (Å²) in [4.78, 5) is 0. The molecule has 0 spiro atoms. The van der Waals surface area contributed by atoms with E-state index in [1.54, 1.807) is 12.1 Å². The maximum atomic E-state index is 14.9. The van der Waals surface area contributed by atoms with Gasteiger partial charge in [0.1, 0.15) is 0 Å². The van der Waals surface area contributed by atoms with Gasteiger partial charge in [-0.15, -0.1) is 0 Å². The molecule has 2 aromatic heterocycles. The first-order valence-electron chi connectivity index (χ1n) is 21.9. The molecule has 0 saturated carbocycles. The fraction of sp³-hybridized carbons (Fsp3) is 0.0678. The highest BCUT2D eigenvalue weighted by atomic mass is 19.4. The van der Waals surface area contributed by atoms with Gasteiger partial charge in [0.25, 0.3) is 0 Å². The zero-order valence-corrected chi connectivity index (χ0v) is 36.5. The van der Waals surface area contributed by atoms with Crippen molar-refractivity contribution in [1.29, 1.82) is 5.26 Å². The Morgan fingerprint density at radius 3 is 1.43 bits per heavy atom. The number of para-hydroxylation sites is 2. The van der Waals surface area contributed by atoms with Crippen molar-refractivity contribution in [2.75, 3.05) is 0 Å². The van der Waals surface area contributed by atoms with E-state index in [1.807, 2.05) is 128 Å². The number of alkyl halides is 6. The van der Waals surface area contributed by atoms with Crippen molar-refractivity contribution in [2.45, 2.75) is 26.2 Å². The highest BCUT2D eigenvalue weighted by molar-refractivity contribution is 6.12. The van der Waals surface area contributed by atoms with Crippen molar-refractivity contribution in [2.24, 2.45) is 0 Å². The summed E-state index contributed by atoms with van der Waals surface area (Å²) in [7, 11) is 0. The molecular formula is C59H37F6N3. The summed E-state index contributed by atoms with van der Waals surface area (Å²) in [5, 5.41) is 14.6. The number of nitrogens with zero attached hydrogens (tertiary/aromatic N) is 3. The zero-order valence-electron chi connectivity index (χ0n) is 36.5. The first kappa shape index (κ1) is 42.3. The first-order valence-corrected chi connectivity index (χ1v) is 21.9. The second kappa shape index (κ2) is 15.9. The fourth-order valence-corrected chi connectivity index (χ4v) is 9.92. The quantitative estimate of drug-likeness (QED) is 0.153. The Bertz CT molecular complexity index is 3850. The topological polar surface area (TPSA) is 33.6 Å². The second-order valence-electron chi connectivity index (χ2n) is 17.2. The van der Waals surface area contributed by atoms with Gasteiger partial charge in [0.15, 0.2) is 0 Å². The maximum Gasteiger partial charge on any atom is 0.417 e. The van der Waals surface area contributed by atoms with Crippen LogP contribution in [0.25, 0.3) is 99.5 Å². The third-order valence-corrected chi connectivity index (χ3v) is 12.9. The summed E-state index contributed by atoms with van der Waals surface area (Å²) in [5.41, 5.74) is 7.28. The number of hydrogen-bond acceptors (Lipinski definition) is 1. The van der Waals surface area contributed by atoms with Gasteiger partial charge in [-0.1, -0.05) is 120 Å². The number of aryl methyl sites for hydroxylation is 2. The molecule has 0 radical (unpaired) electrons. The lowest BCUT2D eigenvalue weighted by atomic mass is 9.89. The Kier molecular flexibility index (Phi) is 9.90. The first-order chi connectivity index (χ1) is 32.8. The lowest BCUT2D eigenvalue weighted by Gasteiger charge is -2.22. The van der Waals surface area contributed by atoms with Gasteiger partial charge in [0, 0.05) is 43.9 Å². The monoisotopic (exact) mass is 901 g/mol. The van der Waals surface area contributed by atoms with E-state index in [0.717, 1.165) is 83.1 Å². The molecule has 11 rings (SSSR count). The van der Waals surface area contributed by atoms with E-state index in [9.17, 15) is 31.6 Å². The van der Waals surface area contributed by atoms with Gasteiger partial charge in [-0.25, -0.2) is 0 Å². The van der Waals surface area contributed by atoms with Crippen molar-refractivity contribution in [3.05, 3.63) is 216 Å². The van der Waals surface area contributed by atoms with E-state index in [4.69, 9.17) is 0 Å². The van der Waals surface area contributed by atoms with Crippen LogP contribution in [0.1, 0.15) is 27.8 Å². The molecule has 11 aromatic rings. The lowest BCUT2D eigenvalue weighted by Crippen LogP contribution is -2.14. The molecule has 330 valence electrons. The fourth-order valence-electron chi connectivity index (χ4n) is 9.92. The van der Waals surface area contributed by atoms with Crippen LogP contribution in [0.3, 0.4) is 0 Å².